The first-order valence-corrected chi connectivity index (χ1v) is 8.36. The van der Waals surface area contributed by atoms with E-state index in [1.54, 1.807) is 0 Å². The van der Waals surface area contributed by atoms with Crippen molar-refractivity contribution in [1.82, 2.24) is 10.2 Å². The van der Waals surface area contributed by atoms with Gasteiger partial charge in [-0.3, -0.25) is 4.90 Å². The molecule has 5 heteroatoms. The van der Waals surface area contributed by atoms with Gasteiger partial charge in [-0.1, -0.05) is 34.6 Å². The molecule has 0 bridgehead atoms. The van der Waals surface area contributed by atoms with E-state index in [2.05, 4.69) is 37.9 Å². The molecule has 1 atom stereocenters. The fraction of sp³-hybridized carbons (Fsp3) is 1.00. The lowest BCUT2D eigenvalue weighted by atomic mass is 9.80. The van der Waals surface area contributed by atoms with Crippen molar-refractivity contribution in [3.8, 4) is 0 Å². The monoisotopic (exact) mass is 310 g/mol. The standard InChI is InChI=1S/C16H33F3N2/c1-6-15(7-2,21(9-4)10-5)14(20-8-3)12-11-13-16(17,18)19/h14,20H,6-13H2,1-5H3. The molecule has 0 aliphatic carbocycles. The van der Waals surface area contributed by atoms with Gasteiger partial charge in [0.15, 0.2) is 0 Å². The molecule has 0 aliphatic rings. The van der Waals surface area contributed by atoms with Crippen LogP contribution in [0.5, 0.6) is 0 Å². The number of halogens is 3. The first kappa shape index (κ1) is 20.7. The van der Waals surface area contributed by atoms with Crippen LogP contribution in [-0.2, 0) is 0 Å². The van der Waals surface area contributed by atoms with Crippen LogP contribution in [0.1, 0.15) is 66.7 Å². The highest BCUT2D eigenvalue weighted by Crippen LogP contribution is 2.32. The highest BCUT2D eigenvalue weighted by Gasteiger charge is 2.39. The van der Waals surface area contributed by atoms with Crippen LogP contribution in [-0.4, -0.2) is 42.3 Å². The summed E-state index contributed by atoms with van der Waals surface area (Å²) in [5, 5.41) is 3.45. The van der Waals surface area contributed by atoms with E-state index in [-0.39, 0.29) is 18.0 Å². The molecule has 1 N–H and O–H groups in total. The van der Waals surface area contributed by atoms with E-state index in [9.17, 15) is 13.2 Å². The van der Waals surface area contributed by atoms with Gasteiger partial charge >= 0.3 is 6.18 Å². The first-order valence-electron chi connectivity index (χ1n) is 8.36. The number of hydrogen-bond acceptors (Lipinski definition) is 2. The highest BCUT2D eigenvalue weighted by atomic mass is 19.4. The van der Waals surface area contributed by atoms with Gasteiger partial charge in [0.05, 0.1) is 0 Å². The molecule has 0 fully saturated rings. The lowest BCUT2D eigenvalue weighted by molar-refractivity contribution is -0.136. The summed E-state index contributed by atoms with van der Waals surface area (Å²) < 4.78 is 37.2. The molecule has 0 amide bonds. The molecule has 2 nitrogen and oxygen atoms in total. The third-order valence-electron chi connectivity index (χ3n) is 4.67. The number of likely N-dealkylation sites (N-methyl/N-ethyl adjacent to an activating group) is 2. The minimum Gasteiger partial charge on any atom is -0.312 e. The molecule has 0 aromatic rings. The van der Waals surface area contributed by atoms with Crippen LogP contribution in [0.3, 0.4) is 0 Å². The first-order chi connectivity index (χ1) is 9.81. The Bertz CT molecular complexity index is 259. The molecule has 0 aromatic heterocycles. The van der Waals surface area contributed by atoms with Crippen molar-refractivity contribution in [2.75, 3.05) is 19.6 Å². The minimum absolute atomic E-state index is 0.0505. The predicted octanol–water partition coefficient (Wildman–Crippen LogP) is 4.60. The van der Waals surface area contributed by atoms with Crippen LogP contribution < -0.4 is 5.32 Å². The van der Waals surface area contributed by atoms with Crippen LogP contribution in [0.15, 0.2) is 0 Å². The summed E-state index contributed by atoms with van der Waals surface area (Å²) in [7, 11) is 0. The van der Waals surface area contributed by atoms with Crippen molar-refractivity contribution in [2.24, 2.45) is 0 Å². The van der Waals surface area contributed by atoms with E-state index in [1.165, 1.54) is 0 Å². The van der Waals surface area contributed by atoms with Gasteiger partial charge in [0.1, 0.15) is 0 Å². The van der Waals surface area contributed by atoms with Crippen molar-refractivity contribution < 1.29 is 13.2 Å². The van der Waals surface area contributed by atoms with Gasteiger partial charge in [-0.15, -0.1) is 0 Å². The third-order valence-corrected chi connectivity index (χ3v) is 4.67. The van der Waals surface area contributed by atoms with Gasteiger partial charge in [-0.05, 0) is 45.3 Å². The normalized spacial score (nSPS) is 14.7. The Balaban J connectivity index is 5.05. The molecule has 0 saturated carbocycles. The zero-order valence-corrected chi connectivity index (χ0v) is 14.3. The summed E-state index contributed by atoms with van der Waals surface area (Å²) in [4.78, 5) is 2.41. The lowest BCUT2D eigenvalue weighted by Crippen LogP contribution is -2.60. The average Bonchev–Trinajstić information content (AvgIpc) is 2.43. The summed E-state index contributed by atoms with van der Waals surface area (Å²) in [6.45, 7) is 13.2. The number of alkyl halides is 3. The lowest BCUT2D eigenvalue weighted by Gasteiger charge is -2.48. The maximum atomic E-state index is 12.4. The maximum Gasteiger partial charge on any atom is 0.389 e. The Morgan fingerprint density at radius 3 is 1.81 bits per heavy atom. The predicted molar refractivity (Wildman–Crippen MR) is 83.6 cm³/mol. The Labute approximate surface area is 128 Å². The second-order valence-electron chi connectivity index (χ2n) is 5.60. The molecule has 128 valence electrons. The van der Waals surface area contributed by atoms with Gasteiger partial charge in [0.25, 0.3) is 0 Å². The van der Waals surface area contributed by atoms with Gasteiger partial charge in [-0.2, -0.15) is 13.2 Å². The molecular formula is C16H33F3N2. The number of nitrogens with zero attached hydrogens (tertiary/aromatic N) is 1. The maximum absolute atomic E-state index is 12.4. The van der Waals surface area contributed by atoms with Crippen LogP contribution in [0.4, 0.5) is 13.2 Å². The van der Waals surface area contributed by atoms with Crippen molar-refractivity contribution in [3.63, 3.8) is 0 Å². The van der Waals surface area contributed by atoms with Gasteiger partial charge in [0.2, 0.25) is 0 Å². The van der Waals surface area contributed by atoms with E-state index in [0.717, 1.165) is 32.5 Å². The van der Waals surface area contributed by atoms with Crippen molar-refractivity contribution in [3.05, 3.63) is 0 Å². The Morgan fingerprint density at radius 2 is 1.48 bits per heavy atom. The largest absolute Gasteiger partial charge is 0.389 e. The third kappa shape index (κ3) is 6.15. The SMILES string of the molecule is CCNC(CCCC(F)(F)F)C(CC)(CC)N(CC)CC. The topological polar surface area (TPSA) is 15.3 Å². The zero-order valence-electron chi connectivity index (χ0n) is 14.3. The quantitative estimate of drug-likeness (QED) is 0.600. The zero-order chi connectivity index (χ0) is 16.5. The molecule has 0 saturated heterocycles. The number of rotatable bonds is 11. The molecule has 0 radical (unpaired) electrons. The summed E-state index contributed by atoms with van der Waals surface area (Å²) in [5.41, 5.74) is -0.0505. The Hall–Kier alpha value is -0.290. The molecule has 0 aromatic carbocycles. The average molecular weight is 310 g/mol. The number of hydrogen-bond donors (Lipinski definition) is 1. The molecule has 0 rings (SSSR count). The van der Waals surface area contributed by atoms with Crippen LogP contribution in [0.2, 0.25) is 0 Å². The van der Waals surface area contributed by atoms with E-state index < -0.39 is 12.6 Å². The minimum atomic E-state index is -4.05. The second kappa shape index (κ2) is 9.67. The Kier molecular flexibility index (Phi) is 9.54. The van der Waals surface area contributed by atoms with E-state index in [4.69, 9.17) is 0 Å². The molecule has 21 heavy (non-hydrogen) atoms. The van der Waals surface area contributed by atoms with Crippen molar-refractivity contribution in [2.45, 2.75) is 84.5 Å². The smallest absolute Gasteiger partial charge is 0.312 e. The van der Waals surface area contributed by atoms with Crippen molar-refractivity contribution in [1.29, 1.82) is 0 Å². The van der Waals surface area contributed by atoms with Crippen molar-refractivity contribution >= 4 is 0 Å². The number of nitrogens with one attached hydrogen (secondary N) is 1. The highest BCUT2D eigenvalue weighted by molar-refractivity contribution is 4.98. The van der Waals surface area contributed by atoms with E-state index in [0.29, 0.717) is 6.42 Å². The molecule has 0 heterocycles. The summed E-state index contributed by atoms with van der Waals surface area (Å²) >= 11 is 0. The van der Waals surface area contributed by atoms with Gasteiger partial charge in [0, 0.05) is 18.0 Å². The van der Waals surface area contributed by atoms with Crippen LogP contribution in [0.25, 0.3) is 0 Å². The van der Waals surface area contributed by atoms with Gasteiger partial charge < -0.3 is 5.32 Å². The second-order valence-corrected chi connectivity index (χ2v) is 5.60. The fourth-order valence-electron chi connectivity index (χ4n) is 3.58. The van der Waals surface area contributed by atoms with Crippen LogP contribution in [0, 0.1) is 0 Å². The summed E-state index contributed by atoms with van der Waals surface area (Å²) in [6, 6.07) is 0.111. The molecule has 0 aliphatic heterocycles. The molecular weight excluding hydrogens is 277 g/mol. The molecule has 1 unspecified atom stereocenters. The van der Waals surface area contributed by atoms with E-state index in [1.807, 2.05) is 6.92 Å². The Morgan fingerprint density at radius 1 is 0.952 bits per heavy atom. The fourth-order valence-corrected chi connectivity index (χ4v) is 3.58. The molecule has 0 spiro atoms. The van der Waals surface area contributed by atoms with Crippen LogP contribution >= 0.6 is 0 Å². The summed E-state index contributed by atoms with van der Waals surface area (Å²) in [6.07, 6.45) is -2.05. The van der Waals surface area contributed by atoms with E-state index >= 15 is 0 Å². The summed E-state index contributed by atoms with van der Waals surface area (Å²) in [5.74, 6) is 0. The van der Waals surface area contributed by atoms with Gasteiger partial charge in [-0.25, -0.2) is 0 Å².